The molecule has 0 fully saturated rings. The molecule has 0 aliphatic carbocycles. The topological polar surface area (TPSA) is 68.5 Å². The summed E-state index contributed by atoms with van der Waals surface area (Å²) in [5.74, 6) is 1.36. The van der Waals surface area contributed by atoms with Gasteiger partial charge >= 0.3 is 0 Å². The SMILES string of the molecule is CCCn1nc(CC)c2nc(Cl)nc(Nc3cc(C)ccn3)c21. The molecule has 1 N–H and O–H groups in total. The van der Waals surface area contributed by atoms with Gasteiger partial charge in [0, 0.05) is 12.7 Å². The molecule has 0 aliphatic heterocycles. The fourth-order valence-electron chi connectivity index (χ4n) is 2.54. The summed E-state index contributed by atoms with van der Waals surface area (Å²) in [6.07, 6.45) is 3.53. The molecule has 0 atom stereocenters. The highest BCUT2D eigenvalue weighted by molar-refractivity contribution is 6.28. The quantitative estimate of drug-likeness (QED) is 0.718. The predicted molar refractivity (Wildman–Crippen MR) is 92.3 cm³/mol. The Morgan fingerprint density at radius 1 is 1.26 bits per heavy atom. The third-order valence-electron chi connectivity index (χ3n) is 3.56. The van der Waals surface area contributed by atoms with E-state index in [1.165, 1.54) is 0 Å². The summed E-state index contributed by atoms with van der Waals surface area (Å²) in [5, 5.41) is 8.12. The van der Waals surface area contributed by atoms with Gasteiger partial charge in [0.05, 0.1) is 5.69 Å². The van der Waals surface area contributed by atoms with E-state index < -0.39 is 0 Å². The molecule has 0 saturated carbocycles. The predicted octanol–water partition coefficient (Wildman–Crippen LogP) is 3.90. The minimum Gasteiger partial charge on any atom is -0.323 e. The number of rotatable bonds is 5. The van der Waals surface area contributed by atoms with Gasteiger partial charge in [0.25, 0.3) is 0 Å². The second-order valence-corrected chi connectivity index (χ2v) is 5.74. The van der Waals surface area contributed by atoms with Crippen LogP contribution in [0.25, 0.3) is 11.0 Å². The first kappa shape index (κ1) is 15.7. The van der Waals surface area contributed by atoms with Crippen molar-refractivity contribution in [3.05, 3.63) is 34.9 Å². The average Bonchev–Trinajstić information content (AvgIpc) is 2.85. The number of hydrogen-bond acceptors (Lipinski definition) is 5. The van der Waals surface area contributed by atoms with E-state index in [0.29, 0.717) is 5.82 Å². The van der Waals surface area contributed by atoms with Crippen molar-refractivity contribution in [1.82, 2.24) is 24.7 Å². The molecular formula is C16H19ClN6. The second-order valence-electron chi connectivity index (χ2n) is 5.41. The Kier molecular flexibility index (Phi) is 4.43. The molecule has 7 heteroatoms. The van der Waals surface area contributed by atoms with Gasteiger partial charge in [-0.3, -0.25) is 4.68 Å². The zero-order valence-electron chi connectivity index (χ0n) is 13.5. The Morgan fingerprint density at radius 3 is 2.78 bits per heavy atom. The molecule has 0 aliphatic rings. The van der Waals surface area contributed by atoms with E-state index in [0.717, 1.165) is 47.5 Å². The van der Waals surface area contributed by atoms with Gasteiger partial charge in [0.15, 0.2) is 5.82 Å². The highest BCUT2D eigenvalue weighted by atomic mass is 35.5. The van der Waals surface area contributed by atoms with E-state index in [1.807, 2.05) is 23.7 Å². The number of nitrogens with one attached hydrogen (secondary N) is 1. The van der Waals surface area contributed by atoms with E-state index in [2.05, 4.69) is 39.2 Å². The summed E-state index contributed by atoms with van der Waals surface area (Å²) in [6, 6.07) is 3.91. The Balaban J connectivity index is 2.16. The molecule has 120 valence electrons. The van der Waals surface area contributed by atoms with Crippen LogP contribution in [-0.2, 0) is 13.0 Å². The molecule has 0 unspecified atom stereocenters. The Bertz CT molecular complexity index is 842. The zero-order chi connectivity index (χ0) is 16.4. The molecule has 23 heavy (non-hydrogen) atoms. The largest absolute Gasteiger partial charge is 0.323 e. The first-order chi connectivity index (χ1) is 11.1. The molecule has 0 spiro atoms. The second kappa shape index (κ2) is 6.50. The van der Waals surface area contributed by atoms with E-state index in [-0.39, 0.29) is 5.28 Å². The van der Waals surface area contributed by atoms with Crippen molar-refractivity contribution in [2.45, 2.75) is 40.2 Å². The maximum absolute atomic E-state index is 6.12. The molecule has 0 aromatic carbocycles. The fraction of sp³-hybridized carbons (Fsp3) is 0.375. The van der Waals surface area contributed by atoms with Gasteiger partial charge in [-0.15, -0.1) is 0 Å². The molecule has 3 aromatic rings. The first-order valence-electron chi connectivity index (χ1n) is 7.75. The van der Waals surface area contributed by atoms with Crippen molar-refractivity contribution in [1.29, 1.82) is 0 Å². The molecule has 0 bridgehead atoms. The number of nitrogens with zero attached hydrogens (tertiary/aromatic N) is 5. The van der Waals surface area contributed by atoms with Crippen LogP contribution >= 0.6 is 11.6 Å². The number of pyridine rings is 1. The Labute approximate surface area is 139 Å². The normalized spacial score (nSPS) is 11.1. The van der Waals surface area contributed by atoms with Crippen LogP contribution in [0, 0.1) is 6.92 Å². The summed E-state index contributed by atoms with van der Waals surface area (Å²) >= 11 is 6.12. The molecule has 3 aromatic heterocycles. The average molecular weight is 331 g/mol. The molecular weight excluding hydrogens is 312 g/mol. The van der Waals surface area contributed by atoms with Gasteiger partial charge < -0.3 is 5.32 Å². The minimum absolute atomic E-state index is 0.207. The molecule has 3 heterocycles. The number of aryl methyl sites for hydroxylation is 3. The first-order valence-corrected chi connectivity index (χ1v) is 8.12. The van der Waals surface area contributed by atoms with Crippen molar-refractivity contribution in [2.75, 3.05) is 5.32 Å². The van der Waals surface area contributed by atoms with Crippen LogP contribution in [0.4, 0.5) is 11.6 Å². The number of halogens is 1. The van der Waals surface area contributed by atoms with Crippen LogP contribution in [0.1, 0.15) is 31.5 Å². The maximum Gasteiger partial charge on any atom is 0.225 e. The van der Waals surface area contributed by atoms with E-state index in [9.17, 15) is 0 Å². The third-order valence-corrected chi connectivity index (χ3v) is 3.73. The van der Waals surface area contributed by atoms with Crippen LogP contribution in [0.5, 0.6) is 0 Å². The van der Waals surface area contributed by atoms with Gasteiger partial charge in [-0.1, -0.05) is 13.8 Å². The highest BCUT2D eigenvalue weighted by Gasteiger charge is 2.17. The monoisotopic (exact) mass is 330 g/mol. The molecule has 0 amide bonds. The summed E-state index contributed by atoms with van der Waals surface area (Å²) < 4.78 is 1.95. The fourth-order valence-corrected chi connectivity index (χ4v) is 2.71. The van der Waals surface area contributed by atoms with E-state index >= 15 is 0 Å². The van der Waals surface area contributed by atoms with E-state index in [1.54, 1.807) is 6.20 Å². The van der Waals surface area contributed by atoms with Crippen molar-refractivity contribution in [3.8, 4) is 0 Å². The van der Waals surface area contributed by atoms with E-state index in [4.69, 9.17) is 11.6 Å². The third kappa shape index (κ3) is 3.12. The van der Waals surface area contributed by atoms with Crippen molar-refractivity contribution >= 4 is 34.3 Å². The van der Waals surface area contributed by atoms with Crippen LogP contribution < -0.4 is 5.32 Å². The minimum atomic E-state index is 0.207. The number of aromatic nitrogens is 5. The molecule has 0 radical (unpaired) electrons. The van der Waals surface area contributed by atoms with Gasteiger partial charge in [0.2, 0.25) is 5.28 Å². The van der Waals surface area contributed by atoms with Crippen LogP contribution in [0.3, 0.4) is 0 Å². The standard InChI is InChI=1S/C16H19ClN6/c1-4-8-23-14-13(11(5-2)22-23)20-16(17)21-15(14)19-12-9-10(3)6-7-18-12/h6-7,9H,4-5,8H2,1-3H3,(H,18,19,20,21). The number of fused-ring (bicyclic) bond motifs is 1. The van der Waals surface area contributed by atoms with Crippen LogP contribution in [-0.4, -0.2) is 24.7 Å². The van der Waals surface area contributed by atoms with Gasteiger partial charge in [-0.05, 0) is 49.1 Å². The van der Waals surface area contributed by atoms with Gasteiger partial charge in [-0.2, -0.15) is 10.1 Å². The summed E-state index contributed by atoms with van der Waals surface area (Å²) in [6.45, 7) is 7.00. The number of hydrogen-bond donors (Lipinski definition) is 1. The molecule has 3 rings (SSSR count). The molecule has 0 saturated heterocycles. The van der Waals surface area contributed by atoms with Gasteiger partial charge in [0.1, 0.15) is 16.9 Å². The number of anilines is 2. The van der Waals surface area contributed by atoms with Crippen molar-refractivity contribution < 1.29 is 0 Å². The Morgan fingerprint density at radius 2 is 2.09 bits per heavy atom. The summed E-state index contributed by atoms with van der Waals surface area (Å²) in [7, 11) is 0. The van der Waals surface area contributed by atoms with Crippen molar-refractivity contribution in [3.63, 3.8) is 0 Å². The summed E-state index contributed by atoms with van der Waals surface area (Å²) in [4.78, 5) is 13.1. The van der Waals surface area contributed by atoms with Gasteiger partial charge in [-0.25, -0.2) is 9.97 Å². The molecule has 6 nitrogen and oxygen atoms in total. The highest BCUT2D eigenvalue weighted by Crippen LogP contribution is 2.27. The van der Waals surface area contributed by atoms with Crippen molar-refractivity contribution in [2.24, 2.45) is 0 Å². The lowest BCUT2D eigenvalue weighted by Crippen LogP contribution is -2.04. The maximum atomic E-state index is 6.12. The van der Waals surface area contributed by atoms with Crippen LogP contribution in [0.15, 0.2) is 18.3 Å². The lowest BCUT2D eigenvalue weighted by atomic mass is 10.2. The smallest absolute Gasteiger partial charge is 0.225 e. The summed E-state index contributed by atoms with van der Waals surface area (Å²) in [5.41, 5.74) is 3.72. The van der Waals surface area contributed by atoms with Crippen LogP contribution in [0.2, 0.25) is 5.28 Å². The Hall–Kier alpha value is -2.21. The zero-order valence-corrected chi connectivity index (χ0v) is 14.2. The lowest BCUT2D eigenvalue weighted by Gasteiger charge is -2.09. The lowest BCUT2D eigenvalue weighted by molar-refractivity contribution is 0.613.